The van der Waals surface area contributed by atoms with Crippen LogP contribution in [0.25, 0.3) is 0 Å². The normalized spacial score (nSPS) is 30.5. The molecule has 0 saturated carbocycles. The van der Waals surface area contributed by atoms with E-state index in [0.29, 0.717) is 29.4 Å². The fourth-order valence-corrected chi connectivity index (χ4v) is 6.38. The number of fused-ring (bicyclic) bond motifs is 7. The van der Waals surface area contributed by atoms with Crippen LogP contribution in [0.2, 0.25) is 0 Å². The Hall–Kier alpha value is -3.39. The molecule has 0 radical (unpaired) electrons. The number of benzene rings is 2. The first-order valence-corrected chi connectivity index (χ1v) is 10.8. The molecule has 0 unspecified atom stereocenters. The molecule has 1 N–H and O–H groups in total. The van der Waals surface area contributed by atoms with Gasteiger partial charge in [0.1, 0.15) is 5.54 Å². The molecule has 0 aliphatic carbocycles. The average Bonchev–Trinajstić information content (AvgIpc) is 3.51. The van der Waals surface area contributed by atoms with Gasteiger partial charge in [0.2, 0.25) is 17.7 Å². The van der Waals surface area contributed by atoms with Crippen molar-refractivity contribution in [3.63, 3.8) is 0 Å². The lowest BCUT2D eigenvalue weighted by atomic mass is 9.75. The van der Waals surface area contributed by atoms with Gasteiger partial charge in [-0.15, -0.1) is 0 Å². The SMILES string of the molecule is COc1ccc(N2C(=O)[C@@H]3[C@H]4CCCN4[C@@]4(C(=O)Nc5ccccc54)[C@@H]3C2=O)cc1OC. The van der Waals surface area contributed by atoms with Gasteiger partial charge in [-0.1, -0.05) is 18.2 Å². The number of para-hydroxylation sites is 1. The second-order valence-corrected chi connectivity index (χ2v) is 8.72. The maximum absolute atomic E-state index is 13.9. The summed E-state index contributed by atoms with van der Waals surface area (Å²) in [4.78, 5) is 44.6. The van der Waals surface area contributed by atoms with Crippen LogP contribution in [-0.2, 0) is 19.9 Å². The predicted octanol–water partition coefficient (Wildman–Crippen LogP) is 2.13. The number of nitrogens with one attached hydrogen (secondary N) is 1. The van der Waals surface area contributed by atoms with Crippen LogP contribution in [-0.4, -0.2) is 49.4 Å². The van der Waals surface area contributed by atoms with E-state index < -0.39 is 17.4 Å². The summed E-state index contributed by atoms with van der Waals surface area (Å²) in [5.74, 6) is -1.19. The lowest BCUT2D eigenvalue weighted by Gasteiger charge is -2.36. The number of hydrogen-bond acceptors (Lipinski definition) is 6. The van der Waals surface area contributed by atoms with Gasteiger partial charge >= 0.3 is 0 Å². The first-order chi connectivity index (χ1) is 15.5. The van der Waals surface area contributed by atoms with E-state index in [0.717, 1.165) is 18.4 Å². The van der Waals surface area contributed by atoms with Crippen molar-refractivity contribution < 1.29 is 23.9 Å². The summed E-state index contributed by atoms with van der Waals surface area (Å²) in [7, 11) is 3.04. The Labute approximate surface area is 185 Å². The summed E-state index contributed by atoms with van der Waals surface area (Å²) in [6.45, 7) is 0.691. The molecule has 0 aromatic heterocycles. The molecule has 3 saturated heterocycles. The standard InChI is InChI=1S/C24H23N3O5/c1-31-17-10-9-13(12-18(17)32-2)27-21(28)19-16-8-5-11-26(16)24(20(19)22(27)29)14-6-3-4-7-15(14)25-23(24)30/h3-4,6-7,9-10,12,16,19-20H,5,8,11H2,1-2H3,(H,25,30)/t16-,19-,20+,24-/m1/s1. The van der Waals surface area contributed by atoms with Gasteiger partial charge in [0.05, 0.1) is 31.7 Å². The Morgan fingerprint density at radius 1 is 1.00 bits per heavy atom. The zero-order valence-electron chi connectivity index (χ0n) is 17.8. The smallest absolute Gasteiger partial charge is 0.250 e. The van der Waals surface area contributed by atoms with Crippen molar-refractivity contribution in [2.45, 2.75) is 24.4 Å². The van der Waals surface area contributed by atoms with Crippen molar-refractivity contribution in [3.8, 4) is 11.5 Å². The van der Waals surface area contributed by atoms with Gasteiger partial charge in [-0.25, -0.2) is 4.90 Å². The number of methoxy groups -OCH3 is 2. The molecule has 4 aliphatic heterocycles. The van der Waals surface area contributed by atoms with Crippen LogP contribution in [0.15, 0.2) is 42.5 Å². The minimum Gasteiger partial charge on any atom is -0.493 e. The second kappa shape index (κ2) is 6.56. The van der Waals surface area contributed by atoms with Gasteiger partial charge in [-0.3, -0.25) is 19.3 Å². The number of imide groups is 1. The van der Waals surface area contributed by atoms with E-state index in [-0.39, 0.29) is 23.8 Å². The molecular formula is C24H23N3O5. The molecular weight excluding hydrogens is 410 g/mol. The maximum atomic E-state index is 13.9. The highest BCUT2D eigenvalue weighted by atomic mass is 16.5. The van der Waals surface area contributed by atoms with Gasteiger partial charge in [-0.05, 0) is 37.6 Å². The monoisotopic (exact) mass is 433 g/mol. The highest BCUT2D eigenvalue weighted by Gasteiger charge is 2.74. The lowest BCUT2D eigenvalue weighted by molar-refractivity contribution is -0.135. The molecule has 3 amide bonds. The van der Waals surface area contributed by atoms with Crippen LogP contribution >= 0.6 is 0 Å². The minimum absolute atomic E-state index is 0.140. The van der Waals surface area contributed by atoms with Crippen LogP contribution in [0.1, 0.15) is 18.4 Å². The van der Waals surface area contributed by atoms with Crippen LogP contribution < -0.4 is 19.7 Å². The molecule has 6 rings (SSSR count). The van der Waals surface area contributed by atoms with Crippen LogP contribution in [0.5, 0.6) is 11.5 Å². The lowest BCUT2D eigenvalue weighted by Crippen LogP contribution is -2.54. The topological polar surface area (TPSA) is 88.2 Å². The number of ether oxygens (including phenoxy) is 2. The summed E-state index contributed by atoms with van der Waals surface area (Å²) in [5.41, 5.74) is 0.785. The van der Waals surface area contributed by atoms with E-state index in [1.165, 1.54) is 19.1 Å². The molecule has 32 heavy (non-hydrogen) atoms. The molecule has 2 aromatic rings. The van der Waals surface area contributed by atoms with E-state index in [9.17, 15) is 14.4 Å². The van der Waals surface area contributed by atoms with Crippen molar-refractivity contribution in [2.75, 3.05) is 31.0 Å². The number of carbonyl (C=O) groups is 3. The Morgan fingerprint density at radius 3 is 2.56 bits per heavy atom. The summed E-state index contributed by atoms with van der Waals surface area (Å²) in [6, 6.07) is 12.4. The van der Waals surface area contributed by atoms with Crippen molar-refractivity contribution in [1.82, 2.24) is 4.90 Å². The van der Waals surface area contributed by atoms with Gasteiger partial charge in [0.15, 0.2) is 11.5 Å². The summed E-state index contributed by atoms with van der Waals surface area (Å²) >= 11 is 0. The van der Waals surface area contributed by atoms with Gasteiger partial charge in [0.25, 0.3) is 0 Å². The van der Waals surface area contributed by atoms with Crippen molar-refractivity contribution in [2.24, 2.45) is 11.8 Å². The third kappa shape index (κ3) is 2.13. The molecule has 4 aliphatic rings. The molecule has 0 bridgehead atoms. The highest BCUT2D eigenvalue weighted by molar-refractivity contribution is 6.26. The molecule has 4 atom stereocenters. The molecule has 8 nitrogen and oxygen atoms in total. The summed E-state index contributed by atoms with van der Waals surface area (Å²) in [6.07, 6.45) is 1.68. The second-order valence-electron chi connectivity index (χ2n) is 8.72. The van der Waals surface area contributed by atoms with E-state index >= 15 is 0 Å². The van der Waals surface area contributed by atoms with E-state index in [2.05, 4.69) is 10.2 Å². The fraction of sp³-hybridized carbons (Fsp3) is 0.375. The molecule has 1 spiro atoms. The van der Waals surface area contributed by atoms with Crippen LogP contribution in [0, 0.1) is 11.8 Å². The molecule has 4 heterocycles. The third-order valence-corrected chi connectivity index (χ3v) is 7.53. The Balaban J connectivity index is 1.51. The van der Waals surface area contributed by atoms with E-state index in [1.807, 2.05) is 24.3 Å². The zero-order valence-corrected chi connectivity index (χ0v) is 17.8. The molecule has 3 fully saturated rings. The molecule has 164 valence electrons. The molecule has 2 aromatic carbocycles. The average molecular weight is 433 g/mol. The van der Waals surface area contributed by atoms with E-state index in [1.54, 1.807) is 18.2 Å². The maximum Gasteiger partial charge on any atom is 0.250 e. The fourth-order valence-electron chi connectivity index (χ4n) is 6.38. The predicted molar refractivity (Wildman–Crippen MR) is 115 cm³/mol. The molecule has 8 heteroatoms. The summed E-state index contributed by atoms with van der Waals surface area (Å²) in [5, 5.41) is 2.98. The van der Waals surface area contributed by atoms with Crippen molar-refractivity contribution in [3.05, 3.63) is 48.0 Å². The minimum atomic E-state index is -1.15. The van der Waals surface area contributed by atoms with Crippen molar-refractivity contribution in [1.29, 1.82) is 0 Å². The van der Waals surface area contributed by atoms with E-state index in [4.69, 9.17) is 9.47 Å². The van der Waals surface area contributed by atoms with Gasteiger partial charge in [-0.2, -0.15) is 0 Å². The van der Waals surface area contributed by atoms with Gasteiger partial charge in [0, 0.05) is 23.4 Å². The number of rotatable bonds is 3. The number of anilines is 2. The first-order valence-electron chi connectivity index (χ1n) is 10.8. The number of amides is 3. The summed E-state index contributed by atoms with van der Waals surface area (Å²) < 4.78 is 10.7. The van der Waals surface area contributed by atoms with Crippen LogP contribution in [0.4, 0.5) is 11.4 Å². The largest absolute Gasteiger partial charge is 0.493 e. The number of carbonyl (C=O) groups excluding carboxylic acids is 3. The third-order valence-electron chi connectivity index (χ3n) is 7.53. The Morgan fingerprint density at radius 2 is 1.78 bits per heavy atom. The number of nitrogens with zero attached hydrogens (tertiary/aromatic N) is 2. The van der Waals surface area contributed by atoms with Gasteiger partial charge < -0.3 is 14.8 Å². The van der Waals surface area contributed by atoms with Crippen LogP contribution in [0.3, 0.4) is 0 Å². The highest BCUT2D eigenvalue weighted by Crippen LogP contribution is 2.60. The Kier molecular flexibility index (Phi) is 3.96. The zero-order chi connectivity index (χ0) is 22.2. The van der Waals surface area contributed by atoms with Crippen molar-refractivity contribution >= 4 is 29.1 Å². The quantitative estimate of drug-likeness (QED) is 0.747. The Bertz CT molecular complexity index is 1180. The number of hydrogen-bond donors (Lipinski definition) is 1. The first kappa shape index (κ1) is 19.3.